The quantitative estimate of drug-likeness (QED) is 0.715. The maximum atomic E-state index is 13.8. The van der Waals surface area contributed by atoms with E-state index in [0.717, 1.165) is 5.56 Å². The number of rotatable bonds is 5. The second kappa shape index (κ2) is 7.80. The van der Waals surface area contributed by atoms with Crippen molar-refractivity contribution in [1.29, 1.82) is 0 Å². The number of carbonyl (C=O) groups is 1. The van der Waals surface area contributed by atoms with Crippen molar-refractivity contribution in [3.05, 3.63) is 101 Å². The van der Waals surface area contributed by atoms with Crippen LogP contribution in [0, 0.1) is 11.6 Å². The van der Waals surface area contributed by atoms with Gasteiger partial charge in [0.15, 0.2) is 6.10 Å². The summed E-state index contributed by atoms with van der Waals surface area (Å²) >= 11 is 0. The molecule has 0 unspecified atom stereocenters. The molecule has 0 bridgehead atoms. The van der Waals surface area contributed by atoms with E-state index in [9.17, 15) is 13.6 Å². The van der Waals surface area contributed by atoms with Crippen LogP contribution in [0.25, 0.3) is 0 Å². The molecule has 0 aromatic heterocycles. The maximum absolute atomic E-state index is 13.8. The van der Waals surface area contributed by atoms with Crippen LogP contribution in [0.5, 0.6) is 5.75 Å². The Morgan fingerprint density at radius 1 is 1.00 bits per heavy atom. The lowest BCUT2D eigenvalue weighted by Crippen LogP contribution is -2.40. The Kier molecular flexibility index (Phi) is 5.06. The van der Waals surface area contributed by atoms with Crippen LogP contribution in [-0.4, -0.2) is 12.0 Å². The van der Waals surface area contributed by atoms with E-state index in [-0.39, 0.29) is 17.5 Å². The largest absolute Gasteiger partial charge is 0.480 e. The van der Waals surface area contributed by atoms with Crippen LogP contribution >= 0.6 is 0 Å². The summed E-state index contributed by atoms with van der Waals surface area (Å²) in [6, 6.07) is 19.3. The lowest BCUT2D eigenvalue weighted by Gasteiger charge is -2.21. The van der Waals surface area contributed by atoms with E-state index in [1.807, 2.05) is 24.3 Å². The van der Waals surface area contributed by atoms with Crippen molar-refractivity contribution in [2.24, 2.45) is 0 Å². The van der Waals surface area contributed by atoms with Crippen molar-refractivity contribution in [1.82, 2.24) is 5.32 Å². The molecule has 4 rings (SSSR count). The van der Waals surface area contributed by atoms with Crippen LogP contribution in [0.2, 0.25) is 0 Å². The van der Waals surface area contributed by atoms with Crippen LogP contribution in [0.1, 0.15) is 22.7 Å². The van der Waals surface area contributed by atoms with Crippen LogP contribution in [-0.2, 0) is 17.6 Å². The Labute approximate surface area is 162 Å². The molecule has 1 N–H and O–H groups in total. The summed E-state index contributed by atoms with van der Waals surface area (Å²) < 4.78 is 33.1. The van der Waals surface area contributed by atoms with Crippen molar-refractivity contribution >= 4 is 5.91 Å². The van der Waals surface area contributed by atoms with Gasteiger partial charge in [-0.1, -0.05) is 42.5 Å². The van der Waals surface area contributed by atoms with Gasteiger partial charge in [-0.05, 0) is 53.4 Å². The number of amides is 1. The van der Waals surface area contributed by atoms with E-state index in [1.165, 1.54) is 24.3 Å². The lowest BCUT2D eigenvalue weighted by atomic mass is 9.98. The SMILES string of the molecule is O=C(N[C@@H](Cc1cccc(F)c1)c1cccc(F)c1)[C@@H]1Cc2ccccc2O1. The molecular formula is C23H19F2NO2. The minimum Gasteiger partial charge on any atom is -0.480 e. The first-order chi connectivity index (χ1) is 13.6. The first-order valence-corrected chi connectivity index (χ1v) is 9.13. The molecule has 0 spiro atoms. The fourth-order valence-electron chi connectivity index (χ4n) is 3.47. The van der Waals surface area contributed by atoms with Crippen molar-refractivity contribution in [3.8, 4) is 5.75 Å². The van der Waals surface area contributed by atoms with E-state index in [1.54, 1.807) is 24.3 Å². The second-order valence-electron chi connectivity index (χ2n) is 6.87. The molecule has 1 aliphatic heterocycles. The minimum atomic E-state index is -0.638. The van der Waals surface area contributed by atoms with Crippen LogP contribution in [0.4, 0.5) is 8.78 Å². The highest BCUT2D eigenvalue weighted by Crippen LogP contribution is 2.29. The zero-order chi connectivity index (χ0) is 19.5. The highest BCUT2D eigenvalue weighted by Gasteiger charge is 2.30. The summed E-state index contributed by atoms with van der Waals surface area (Å²) in [6.45, 7) is 0. The van der Waals surface area contributed by atoms with Gasteiger partial charge < -0.3 is 10.1 Å². The number of benzene rings is 3. The number of hydrogen-bond donors (Lipinski definition) is 1. The lowest BCUT2D eigenvalue weighted by molar-refractivity contribution is -0.128. The molecule has 142 valence electrons. The predicted octanol–water partition coefficient (Wildman–Crippen LogP) is 4.37. The average molecular weight is 379 g/mol. The van der Waals surface area contributed by atoms with Crippen molar-refractivity contribution in [3.63, 3.8) is 0 Å². The number of carbonyl (C=O) groups excluding carboxylic acids is 1. The van der Waals surface area contributed by atoms with Gasteiger partial charge in [-0.15, -0.1) is 0 Å². The van der Waals surface area contributed by atoms with Crippen LogP contribution in [0.15, 0.2) is 72.8 Å². The molecule has 0 radical (unpaired) electrons. The fourth-order valence-corrected chi connectivity index (χ4v) is 3.47. The average Bonchev–Trinajstić information content (AvgIpc) is 3.12. The van der Waals surface area contributed by atoms with Gasteiger partial charge >= 0.3 is 0 Å². The van der Waals surface area contributed by atoms with Gasteiger partial charge in [0.1, 0.15) is 17.4 Å². The molecule has 2 atom stereocenters. The Bertz CT molecular complexity index is 980. The van der Waals surface area contributed by atoms with Gasteiger partial charge in [-0.3, -0.25) is 4.79 Å². The zero-order valence-electron chi connectivity index (χ0n) is 15.1. The summed E-state index contributed by atoms with van der Waals surface area (Å²) in [5, 5.41) is 2.95. The summed E-state index contributed by atoms with van der Waals surface area (Å²) in [7, 11) is 0. The fraction of sp³-hybridized carbons (Fsp3) is 0.174. The molecule has 0 fully saturated rings. The minimum absolute atomic E-state index is 0.276. The Morgan fingerprint density at radius 3 is 2.50 bits per heavy atom. The predicted molar refractivity (Wildman–Crippen MR) is 102 cm³/mol. The molecule has 1 amide bonds. The summed E-state index contributed by atoms with van der Waals surface area (Å²) in [4.78, 5) is 12.8. The van der Waals surface area contributed by atoms with Gasteiger partial charge in [-0.25, -0.2) is 8.78 Å². The summed E-state index contributed by atoms with van der Waals surface area (Å²) in [5.74, 6) is -0.311. The van der Waals surface area contributed by atoms with Gasteiger partial charge in [0.2, 0.25) is 0 Å². The molecule has 5 heteroatoms. The maximum Gasteiger partial charge on any atom is 0.261 e. The van der Waals surface area contributed by atoms with Gasteiger partial charge in [0.05, 0.1) is 6.04 Å². The normalized spacial score (nSPS) is 16.1. The molecule has 3 aromatic carbocycles. The first-order valence-electron chi connectivity index (χ1n) is 9.13. The molecule has 3 nitrogen and oxygen atoms in total. The molecule has 0 saturated carbocycles. The van der Waals surface area contributed by atoms with E-state index >= 15 is 0 Å². The molecule has 1 heterocycles. The summed E-state index contributed by atoms with van der Waals surface area (Å²) in [6.07, 6.45) is 0.186. The van der Waals surface area contributed by atoms with Gasteiger partial charge in [0.25, 0.3) is 5.91 Å². The standard InChI is InChI=1S/C23H19F2NO2/c24-18-8-3-5-15(11-18)12-20(16-7-4-9-19(25)13-16)26-23(27)22-14-17-6-1-2-10-21(17)28-22/h1-11,13,20,22H,12,14H2,(H,26,27)/t20-,22-/m0/s1. The second-order valence-corrected chi connectivity index (χ2v) is 6.87. The topological polar surface area (TPSA) is 38.3 Å². The highest BCUT2D eigenvalue weighted by molar-refractivity contribution is 5.83. The molecule has 3 aromatic rings. The van der Waals surface area contributed by atoms with Crippen LogP contribution in [0.3, 0.4) is 0 Å². The van der Waals surface area contributed by atoms with Crippen molar-refractivity contribution in [2.45, 2.75) is 25.0 Å². The van der Waals surface area contributed by atoms with Gasteiger partial charge in [-0.2, -0.15) is 0 Å². The number of para-hydroxylation sites is 1. The third-order valence-corrected chi connectivity index (χ3v) is 4.84. The molecular weight excluding hydrogens is 360 g/mol. The van der Waals surface area contributed by atoms with Crippen molar-refractivity contribution < 1.29 is 18.3 Å². The first kappa shape index (κ1) is 18.2. The molecule has 1 aliphatic rings. The zero-order valence-corrected chi connectivity index (χ0v) is 15.1. The van der Waals surface area contributed by atoms with E-state index in [4.69, 9.17) is 4.74 Å². The molecule has 0 aliphatic carbocycles. The van der Waals surface area contributed by atoms with Crippen molar-refractivity contribution in [2.75, 3.05) is 0 Å². The van der Waals surface area contributed by atoms with Crippen LogP contribution < -0.4 is 10.1 Å². The number of ether oxygens (including phenoxy) is 1. The number of halogens is 2. The molecule has 0 saturated heterocycles. The highest BCUT2D eigenvalue weighted by atomic mass is 19.1. The summed E-state index contributed by atoms with van der Waals surface area (Å²) in [5.41, 5.74) is 2.31. The Morgan fingerprint density at radius 2 is 1.75 bits per heavy atom. The third-order valence-electron chi connectivity index (χ3n) is 4.84. The monoisotopic (exact) mass is 379 g/mol. The van der Waals surface area contributed by atoms with E-state index in [0.29, 0.717) is 29.7 Å². The molecule has 28 heavy (non-hydrogen) atoms. The Hall–Kier alpha value is -3.21. The smallest absolute Gasteiger partial charge is 0.261 e. The number of fused-ring (bicyclic) bond motifs is 1. The van der Waals surface area contributed by atoms with E-state index < -0.39 is 12.1 Å². The van der Waals surface area contributed by atoms with E-state index in [2.05, 4.69) is 5.32 Å². The number of hydrogen-bond acceptors (Lipinski definition) is 2. The van der Waals surface area contributed by atoms with Gasteiger partial charge in [0, 0.05) is 6.42 Å². The number of nitrogens with one attached hydrogen (secondary N) is 1. The Balaban J connectivity index is 1.54. The third kappa shape index (κ3) is 4.03.